The molecule has 0 bridgehead atoms. The molecule has 0 aromatic heterocycles. The summed E-state index contributed by atoms with van der Waals surface area (Å²) in [7, 11) is -7.17. The molecule has 2 atom stereocenters. The smallest absolute Gasteiger partial charge is 0.183 e. The highest BCUT2D eigenvalue weighted by Crippen LogP contribution is 2.31. The Morgan fingerprint density at radius 2 is 1.59 bits per heavy atom. The maximum absolute atomic E-state index is 13.5. The molecular formula is C24H32N2O4S2. The highest BCUT2D eigenvalue weighted by molar-refractivity contribution is 7.96. The predicted molar refractivity (Wildman–Crippen MR) is 129 cm³/mol. The van der Waals surface area contributed by atoms with Gasteiger partial charge in [-0.2, -0.15) is 0 Å². The fourth-order valence-electron chi connectivity index (χ4n) is 4.79. The molecule has 2 fully saturated rings. The zero-order valence-electron chi connectivity index (χ0n) is 18.9. The van der Waals surface area contributed by atoms with Crippen molar-refractivity contribution in [1.29, 1.82) is 0 Å². The monoisotopic (exact) mass is 476 g/mol. The van der Waals surface area contributed by atoms with Gasteiger partial charge in [-0.15, -0.1) is 0 Å². The summed E-state index contributed by atoms with van der Waals surface area (Å²) in [5, 5.41) is -0.928. The van der Waals surface area contributed by atoms with Crippen molar-refractivity contribution >= 4 is 25.4 Å². The molecule has 2 saturated heterocycles. The van der Waals surface area contributed by atoms with Gasteiger partial charge in [0.15, 0.2) is 19.7 Å². The maximum Gasteiger partial charge on any atom is 0.183 e. The predicted octanol–water partition coefficient (Wildman–Crippen LogP) is 2.88. The third kappa shape index (κ3) is 4.72. The first kappa shape index (κ1) is 23.3. The van der Waals surface area contributed by atoms with Crippen LogP contribution < -0.4 is 4.90 Å². The van der Waals surface area contributed by atoms with Gasteiger partial charge in [0.1, 0.15) is 0 Å². The molecule has 0 amide bonds. The Labute approximate surface area is 192 Å². The number of rotatable bonds is 5. The minimum atomic E-state index is -3.76. The molecule has 2 aromatic rings. The molecule has 0 unspecified atom stereocenters. The number of hydrogen-bond acceptors (Lipinski definition) is 6. The third-order valence-corrected chi connectivity index (χ3v) is 10.8. The lowest BCUT2D eigenvalue weighted by atomic mass is 10.0. The molecule has 0 N–H and O–H groups in total. The molecule has 0 saturated carbocycles. The van der Waals surface area contributed by atoms with E-state index in [1.54, 1.807) is 12.1 Å². The van der Waals surface area contributed by atoms with Crippen LogP contribution in [0, 0.1) is 6.92 Å². The quantitative estimate of drug-likeness (QED) is 0.661. The molecule has 32 heavy (non-hydrogen) atoms. The van der Waals surface area contributed by atoms with Crippen molar-refractivity contribution in [3.8, 4) is 0 Å². The van der Waals surface area contributed by atoms with Crippen LogP contribution in [0.1, 0.15) is 30.9 Å². The number of nitrogens with zero attached hydrogens (tertiary/aromatic N) is 2. The van der Waals surface area contributed by atoms with E-state index in [1.807, 2.05) is 18.2 Å². The van der Waals surface area contributed by atoms with Crippen molar-refractivity contribution in [2.45, 2.75) is 42.9 Å². The summed E-state index contributed by atoms with van der Waals surface area (Å²) in [6, 6.07) is 14.7. The van der Waals surface area contributed by atoms with Crippen molar-refractivity contribution in [3.63, 3.8) is 0 Å². The molecule has 174 valence electrons. The molecule has 2 aliphatic rings. The van der Waals surface area contributed by atoms with E-state index in [-0.39, 0.29) is 16.4 Å². The normalized spacial score (nSPS) is 24.2. The molecule has 4 rings (SSSR count). The van der Waals surface area contributed by atoms with E-state index in [4.69, 9.17) is 0 Å². The number of aryl methyl sites for hydroxylation is 1. The average Bonchev–Trinajstić information content (AvgIpc) is 3.10. The molecule has 2 heterocycles. The number of hydrogen-bond donors (Lipinski definition) is 0. The van der Waals surface area contributed by atoms with E-state index in [9.17, 15) is 16.8 Å². The van der Waals surface area contributed by atoms with Gasteiger partial charge in [0.05, 0.1) is 21.7 Å². The van der Waals surface area contributed by atoms with Crippen LogP contribution in [0.3, 0.4) is 0 Å². The minimum absolute atomic E-state index is 0.0918. The first-order chi connectivity index (χ1) is 15.1. The Kier molecular flexibility index (Phi) is 6.40. The maximum atomic E-state index is 13.5. The molecule has 6 nitrogen and oxygen atoms in total. The van der Waals surface area contributed by atoms with E-state index in [2.05, 4.69) is 48.8 Å². The Hall–Kier alpha value is -1.90. The zero-order chi connectivity index (χ0) is 23.1. The van der Waals surface area contributed by atoms with E-state index in [0.717, 1.165) is 24.3 Å². The second-order valence-corrected chi connectivity index (χ2v) is 13.6. The van der Waals surface area contributed by atoms with Gasteiger partial charge < -0.3 is 4.90 Å². The third-order valence-electron chi connectivity index (χ3n) is 6.70. The van der Waals surface area contributed by atoms with Crippen LogP contribution in [0.5, 0.6) is 0 Å². The van der Waals surface area contributed by atoms with Gasteiger partial charge in [-0.1, -0.05) is 38.1 Å². The summed E-state index contributed by atoms with van der Waals surface area (Å²) in [6.45, 7) is 8.95. The summed E-state index contributed by atoms with van der Waals surface area (Å²) in [5.41, 5.74) is 3.41. The van der Waals surface area contributed by atoms with Crippen molar-refractivity contribution < 1.29 is 16.8 Å². The summed E-state index contributed by atoms with van der Waals surface area (Å²) < 4.78 is 52.0. The number of sulfone groups is 2. The molecule has 2 aromatic carbocycles. The Morgan fingerprint density at radius 3 is 2.19 bits per heavy atom. The van der Waals surface area contributed by atoms with Crippen LogP contribution in [-0.2, 0) is 19.7 Å². The molecule has 2 aliphatic heterocycles. The van der Waals surface area contributed by atoms with Crippen LogP contribution in [0.25, 0.3) is 0 Å². The van der Waals surface area contributed by atoms with Crippen LogP contribution in [-0.4, -0.2) is 70.7 Å². The molecule has 8 heteroatoms. The molecule has 0 aliphatic carbocycles. The second kappa shape index (κ2) is 8.80. The molecule has 0 spiro atoms. The zero-order valence-corrected chi connectivity index (χ0v) is 20.6. The van der Waals surface area contributed by atoms with Crippen molar-refractivity contribution in [3.05, 3.63) is 59.7 Å². The lowest BCUT2D eigenvalue weighted by molar-refractivity contribution is 0.201. The number of benzene rings is 2. The lowest BCUT2D eigenvalue weighted by Crippen LogP contribution is -2.55. The van der Waals surface area contributed by atoms with Crippen molar-refractivity contribution in [2.75, 3.05) is 42.6 Å². The van der Waals surface area contributed by atoms with Gasteiger partial charge in [-0.25, -0.2) is 16.8 Å². The van der Waals surface area contributed by atoms with Crippen LogP contribution in [0.4, 0.5) is 5.69 Å². The van der Waals surface area contributed by atoms with Gasteiger partial charge in [0.2, 0.25) is 0 Å². The Balaban J connectivity index is 1.54. The summed E-state index contributed by atoms with van der Waals surface area (Å²) in [5.74, 6) is -0.0915. The van der Waals surface area contributed by atoms with E-state index < -0.39 is 31.0 Å². The minimum Gasteiger partial charge on any atom is -0.369 e. The van der Waals surface area contributed by atoms with E-state index in [1.165, 1.54) is 5.56 Å². The number of anilines is 1. The van der Waals surface area contributed by atoms with Crippen molar-refractivity contribution in [1.82, 2.24) is 4.90 Å². The van der Waals surface area contributed by atoms with Gasteiger partial charge in [0.25, 0.3) is 0 Å². The summed E-state index contributed by atoms with van der Waals surface area (Å²) in [4.78, 5) is 4.57. The Bertz CT molecular complexity index is 1170. The summed E-state index contributed by atoms with van der Waals surface area (Å²) >= 11 is 0. The Morgan fingerprint density at radius 1 is 0.938 bits per heavy atom. The SMILES string of the molecule is Cc1cccc(N2CCN([C@H]3CS(=O)(=O)C[C@@H]3S(=O)(=O)c3ccc(C(C)C)cc3)CC2)c1. The highest BCUT2D eigenvalue weighted by Gasteiger charge is 2.48. The van der Waals surface area contributed by atoms with E-state index >= 15 is 0 Å². The van der Waals surface area contributed by atoms with Crippen LogP contribution in [0.2, 0.25) is 0 Å². The van der Waals surface area contributed by atoms with Gasteiger partial charge >= 0.3 is 0 Å². The van der Waals surface area contributed by atoms with Gasteiger partial charge in [0, 0.05) is 37.9 Å². The van der Waals surface area contributed by atoms with Crippen molar-refractivity contribution in [2.24, 2.45) is 0 Å². The fourth-order valence-corrected chi connectivity index (χ4v) is 9.62. The average molecular weight is 477 g/mol. The van der Waals surface area contributed by atoms with Gasteiger partial charge in [-0.05, 0) is 48.2 Å². The molecular weight excluding hydrogens is 444 g/mol. The van der Waals surface area contributed by atoms with Crippen LogP contribution >= 0.6 is 0 Å². The van der Waals surface area contributed by atoms with E-state index in [0.29, 0.717) is 19.0 Å². The summed E-state index contributed by atoms with van der Waals surface area (Å²) in [6.07, 6.45) is 0. The highest BCUT2D eigenvalue weighted by atomic mass is 32.2. The van der Waals surface area contributed by atoms with Crippen LogP contribution in [0.15, 0.2) is 53.4 Å². The largest absolute Gasteiger partial charge is 0.369 e. The standard InChI is InChI=1S/C24H32N2O4S2/c1-18(2)20-7-9-22(10-8-20)32(29,30)24-17-31(27,28)16-23(24)26-13-11-25(12-14-26)21-6-4-5-19(3)15-21/h4-10,15,18,23-24H,11-14,16-17H2,1-3H3/t23-,24-/m0/s1. The topological polar surface area (TPSA) is 74.8 Å². The number of piperazine rings is 1. The molecule has 0 radical (unpaired) electrons. The van der Waals surface area contributed by atoms with Gasteiger partial charge in [-0.3, -0.25) is 4.90 Å². The first-order valence-corrected chi connectivity index (χ1v) is 14.5. The first-order valence-electron chi connectivity index (χ1n) is 11.2. The fraction of sp³-hybridized carbons (Fsp3) is 0.500. The lowest BCUT2D eigenvalue weighted by Gasteiger charge is -2.40. The second-order valence-electron chi connectivity index (χ2n) is 9.31.